The van der Waals surface area contributed by atoms with Crippen LogP contribution in [0, 0.1) is 5.92 Å². The average molecular weight is 564 g/mol. The van der Waals surface area contributed by atoms with E-state index in [2.05, 4.69) is 73.2 Å². The molecule has 0 fully saturated rings. The van der Waals surface area contributed by atoms with E-state index in [1.54, 1.807) is 4.90 Å². The zero-order valence-electron chi connectivity index (χ0n) is 22.4. The van der Waals surface area contributed by atoms with Crippen LogP contribution < -0.4 is 5.32 Å². The topological polar surface area (TPSA) is 49.4 Å². The minimum absolute atomic E-state index is 0.0199. The van der Waals surface area contributed by atoms with Gasteiger partial charge in [0, 0.05) is 30.4 Å². The van der Waals surface area contributed by atoms with Crippen molar-refractivity contribution in [3.8, 4) is 0 Å². The normalized spacial score (nSPS) is 12.0. The number of amides is 2. The van der Waals surface area contributed by atoms with E-state index in [1.165, 1.54) is 5.56 Å². The third kappa shape index (κ3) is 9.15. The first-order valence-electron chi connectivity index (χ1n) is 13.2. The van der Waals surface area contributed by atoms with Gasteiger partial charge in [-0.3, -0.25) is 9.59 Å². The third-order valence-corrected chi connectivity index (χ3v) is 6.96. The summed E-state index contributed by atoms with van der Waals surface area (Å²) < 4.78 is 0.950. The highest BCUT2D eigenvalue weighted by Gasteiger charge is 2.30. The molecule has 0 unspecified atom stereocenters. The van der Waals surface area contributed by atoms with E-state index in [0.717, 1.165) is 21.2 Å². The first-order valence-corrected chi connectivity index (χ1v) is 14.0. The van der Waals surface area contributed by atoms with Gasteiger partial charge in [-0.2, -0.15) is 0 Å². The summed E-state index contributed by atoms with van der Waals surface area (Å²) in [6, 6.07) is 25.8. The van der Waals surface area contributed by atoms with E-state index < -0.39 is 6.04 Å². The maximum Gasteiger partial charge on any atom is 0.243 e. The second kappa shape index (κ2) is 14.1. The number of carbonyl (C=O) groups excluding carboxylic acids is 2. The van der Waals surface area contributed by atoms with Crippen molar-refractivity contribution in [1.82, 2.24) is 10.2 Å². The SMILES string of the molecule is CC(C)CNC(=O)[C@H](Cc1ccccc1)N(Cc1cccc(Br)c1)C(=O)CCc1ccc(C(C)C)cc1. The number of hydrogen-bond acceptors (Lipinski definition) is 2. The summed E-state index contributed by atoms with van der Waals surface area (Å²) in [5.74, 6) is 0.666. The molecule has 0 bridgehead atoms. The van der Waals surface area contributed by atoms with Gasteiger partial charge < -0.3 is 10.2 Å². The Bertz CT molecular complexity index is 1140. The minimum atomic E-state index is -0.601. The summed E-state index contributed by atoms with van der Waals surface area (Å²) >= 11 is 3.54. The van der Waals surface area contributed by atoms with Crippen LogP contribution in [0.2, 0.25) is 0 Å². The fraction of sp³-hybridized carbons (Fsp3) is 0.375. The van der Waals surface area contributed by atoms with Crippen molar-refractivity contribution in [1.29, 1.82) is 0 Å². The zero-order valence-corrected chi connectivity index (χ0v) is 24.0. The Hall–Kier alpha value is -2.92. The number of benzene rings is 3. The lowest BCUT2D eigenvalue weighted by Crippen LogP contribution is -2.51. The first-order chi connectivity index (χ1) is 17.7. The number of carbonyl (C=O) groups is 2. The highest BCUT2D eigenvalue weighted by atomic mass is 79.9. The van der Waals surface area contributed by atoms with Gasteiger partial charge in [0.2, 0.25) is 11.8 Å². The number of aryl methyl sites for hydroxylation is 1. The molecule has 0 radical (unpaired) electrons. The Labute approximate surface area is 230 Å². The molecule has 37 heavy (non-hydrogen) atoms. The maximum absolute atomic E-state index is 13.8. The van der Waals surface area contributed by atoms with Crippen molar-refractivity contribution in [3.05, 3.63) is 106 Å². The molecular weight excluding hydrogens is 524 g/mol. The summed E-state index contributed by atoms with van der Waals surface area (Å²) in [5.41, 5.74) is 4.43. The first kappa shape index (κ1) is 28.6. The fourth-order valence-corrected chi connectivity index (χ4v) is 4.72. The highest BCUT2D eigenvalue weighted by Crippen LogP contribution is 2.20. The molecule has 0 saturated heterocycles. The molecule has 0 saturated carbocycles. The van der Waals surface area contributed by atoms with Crippen LogP contribution in [0.15, 0.2) is 83.3 Å². The van der Waals surface area contributed by atoms with Crippen molar-refractivity contribution in [3.63, 3.8) is 0 Å². The Morgan fingerprint density at radius 2 is 1.51 bits per heavy atom. The molecule has 2 amide bonds. The van der Waals surface area contributed by atoms with Gasteiger partial charge in [-0.1, -0.05) is 110 Å². The molecule has 0 aliphatic carbocycles. The molecule has 0 aliphatic heterocycles. The molecule has 0 heterocycles. The Morgan fingerprint density at radius 3 is 2.14 bits per heavy atom. The van der Waals surface area contributed by atoms with E-state index in [0.29, 0.717) is 44.2 Å². The van der Waals surface area contributed by atoms with Crippen LogP contribution in [0.3, 0.4) is 0 Å². The predicted octanol–water partition coefficient (Wildman–Crippen LogP) is 6.92. The lowest BCUT2D eigenvalue weighted by Gasteiger charge is -2.32. The van der Waals surface area contributed by atoms with Crippen LogP contribution in [-0.2, 0) is 29.0 Å². The molecular formula is C32H39BrN2O2. The van der Waals surface area contributed by atoms with Crippen LogP contribution in [0.1, 0.15) is 62.3 Å². The molecule has 5 heteroatoms. The van der Waals surface area contributed by atoms with Gasteiger partial charge in [-0.15, -0.1) is 0 Å². The third-order valence-electron chi connectivity index (χ3n) is 6.47. The van der Waals surface area contributed by atoms with Gasteiger partial charge in [0.1, 0.15) is 6.04 Å². The van der Waals surface area contributed by atoms with Crippen molar-refractivity contribution in [2.45, 2.75) is 65.5 Å². The van der Waals surface area contributed by atoms with Crippen LogP contribution >= 0.6 is 15.9 Å². The van der Waals surface area contributed by atoms with Gasteiger partial charge in [0.25, 0.3) is 0 Å². The van der Waals surface area contributed by atoms with Gasteiger partial charge in [-0.05, 0) is 52.6 Å². The summed E-state index contributed by atoms with van der Waals surface area (Å²) in [6.45, 7) is 9.44. The van der Waals surface area contributed by atoms with E-state index in [-0.39, 0.29) is 11.8 Å². The second-order valence-corrected chi connectivity index (χ2v) is 11.3. The molecule has 3 rings (SSSR count). The molecule has 1 atom stereocenters. The summed E-state index contributed by atoms with van der Waals surface area (Å²) in [6.07, 6.45) is 1.45. The van der Waals surface area contributed by atoms with E-state index >= 15 is 0 Å². The largest absolute Gasteiger partial charge is 0.354 e. The lowest BCUT2D eigenvalue weighted by atomic mass is 9.99. The number of nitrogens with zero attached hydrogens (tertiary/aromatic N) is 1. The van der Waals surface area contributed by atoms with Crippen molar-refractivity contribution in [2.24, 2.45) is 5.92 Å². The molecule has 3 aromatic carbocycles. The zero-order chi connectivity index (χ0) is 26.8. The summed E-state index contributed by atoms with van der Waals surface area (Å²) in [7, 11) is 0. The molecule has 0 spiro atoms. The standard InChI is InChI=1S/C32H39BrN2O2/c1-23(2)21-34-32(37)30(20-26-9-6-5-7-10-26)35(22-27-11-8-12-29(33)19-27)31(36)18-15-25-13-16-28(17-14-25)24(3)4/h5-14,16-17,19,23-24,30H,15,18,20-22H2,1-4H3,(H,34,37)/t30-/m0/s1. The summed E-state index contributed by atoms with van der Waals surface area (Å²) in [5, 5.41) is 3.08. The molecule has 4 nitrogen and oxygen atoms in total. The van der Waals surface area contributed by atoms with Gasteiger partial charge in [-0.25, -0.2) is 0 Å². The van der Waals surface area contributed by atoms with Crippen LogP contribution in [0.25, 0.3) is 0 Å². The molecule has 196 valence electrons. The van der Waals surface area contributed by atoms with E-state index in [4.69, 9.17) is 0 Å². The highest BCUT2D eigenvalue weighted by molar-refractivity contribution is 9.10. The average Bonchev–Trinajstić information content (AvgIpc) is 2.88. The smallest absolute Gasteiger partial charge is 0.243 e. The molecule has 1 N–H and O–H groups in total. The summed E-state index contributed by atoms with van der Waals surface area (Å²) in [4.78, 5) is 29.1. The Morgan fingerprint density at radius 1 is 0.838 bits per heavy atom. The number of hydrogen-bond donors (Lipinski definition) is 1. The van der Waals surface area contributed by atoms with Gasteiger partial charge >= 0.3 is 0 Å². The molecule has 0 aromatic heterocycles. The number of nitrogens with one attached hydrogen (secondary N) is 1. The minimum Gasteiger partial charge on any atom is -0.354 e. The van der Waals surface area contributed by atoms with Crippen LogP contribution in [-0.4, -0.2) is 29.3 Å². The van der Waals surface area contributed by atoms with E-state index in [1.807, 2.05) is 54.6 Å². The van der Waals surface area contributed by atoms with Crippen molar-refractivity contribution < 1.29 is 9.59 Å². The number of rotatable bonds is 12. The lowest BCUT2D eigenvalue weighted by molar-refractivity contribution is -0.141. The Kier molecular flexibility index (Phi) is 10.9. The molecule has 3 aromatic rings. The van der Waals surface area contributed by atoms with Crippen molar-refractivity contribution >= 4 is 27.7 Å². The second-order valence-electron chi connectivity index (χ2n) is 10.4. The quantitative estimate of drug-likeness (QED) is 0.260. The number of halogens is 1. The van der Waals surface area contributed by atoms with E-state index in [9.17, 15) is 9.59 Å². The Balaban J connectivity index is 1.87. The maximum atomic E-state index is 13.8. The van der Waals surface area contributed by atoms with Crippen LogP contribution in [0.4, 0.5) is 0 Å². The van der Waals surface area contributed by atoms with Crippen LogP contribution in [0.5, 0.6) is 0 Å². The van der Waals surface area contributed by atoms with Gasteiger partial charge in [0.15, 0.2) is 0 Å². The fourth-order valence-electron chi connectivity index (χ4n) is 4.27. The molecule has 0 aliphatic rings. The monoisotopic (exact) mass is 562 g/mol. The van der Waals surface area contributed by atoms with Crippen molar-refractivity contribution in [2.75, 3.05) is 6.54 Å². The predicted molar refractivity (Wildman–Crippen MR) is 155 cm³/mol. The van der Waals surface area contributed by atoms with Gasteiger partial charge in [0.05, 0.1) is 0 Å².